The zero-order valence-corrected chi connectivity index (χ0v) is 14.4. The Bertz CT molecular complexity index is 906. The molecule has 3 heterocycles. The van der Waals surface area contributed by atoms with Crippen LogP contribution in [0, 0.1) is 0 Å². The zero-order chi connectivity index (χ0) is 17.3. The van der Waals surface area contributed by atoms with Crippen LogP contribution < -0.4 is 9.47 Å². The van der Waals surface area contributed by atoms with Gasteiger partial charge in [-0.2, -0.15) is 0 Å². The summed E-state index contributed by atoms with van der Waals surface area (Å²) in [4.78, 5) is 2.40. The number of aromatic nitrogens is 3. The molecule has 0 spiro atoms. The molecule has 0 fully saturated rings. The summed E-state index contributed by atoms with van der Waals surface area (Å²) in [5, 5.41) is 8.17. The molecule has 1 aromatic heterocycles. The Labute approximate surface area is 152 Å². The number of rotatable bonds is 3. The Kier molecular flexibility index (Phi) is 3.83. The van der Waals surface area contributed by atoms with E-state index in [0.717, 1.165) is 49.1 Å². The first-order valence-corrected chi connectivity index (χ1v) is 8.91. The summed E-state index contributed by atoms with van der Waals surface area (Å²) < 4.78 is 14.0. The van der Waals surface area contributed by atoms with Crippen LogP contribution in [0.1, 0.15) is 23.1 Å². The van der Waals surface area contributed by atoms with Gasteiger partial charge in [0.25, 0.3) is 0 Å². The third-order valence-corrected chi connectivity index (χ3v) is 4.98. The molecule has 0 bridgehead atoms. The molecule has 132 valence electrons. The Morgan fingerprint density at radius 3 is 2.73 bits per heavy atom. The van der Waals surface area contributed by atoms with Gasteiger partial charge in [-0.05, 0) is 23.3 Å². The molecule has 1 atom stereocenters. The highest BCUT2D eigenvalue weighted by atomic mass is 16.6. The minimum atomic E-state index is -0.0625. The average molecular weight is 348 g/mol. The van der Waals surface area contributed by atoms with Crippen molar-refractivity contribution in [3.63, 3.8) is 0 Å². The summed E-state index contributed by atoms with van der Waals surface area (Å²) in [5.74, 6) is 2.67. The van der Waals surface area contributed by atoms with E-state index in [1.807, 2.05) is 30.6 Å². The molecule has 2 aliphatic rings. The second kappa shape index (κ2) is 6.46. The van der Waals surface area contributed by atoms with Gasteiger partial charge in [-0.1, -0.05) is 36.4 Å². The summed E-state index contributed by atoms with van der Waals surface area (Å²) in [6.45, 7) is 4.27. The summed E-state index contributed by atoms with van der Waals surface area (Å²) in [7, 11) is 0. The quantitative estimate of drug-likeness (QED) is 0.728. The van der Waals surface area contributed by atoms with Crippen molar-refractivity contribution in [1.82, 2.24) is 19.7 Å². The number of hydrogen-bond acceptors (Lipinski definition) is 5. The molecular formula is C20H20N4O2. The van der Waals surface area contributed by atoms with Crippen molar-refractivity contribution in [3.05, 3.63) is 71.8 Å². The van der Waals surface area contributed by atoms with Crippen molar-refractivity contribution in [3.8, 4) is 11.5 Å². The maximum Gasteiger partial charge on any atom is 0.162 e. The fraction of sp³-hybridized carbons (Fsp3) is 0.300. The highest BCUT2D eigenvalue weighted by molar-refractivity contribution is 5.41. The number of ether oxygens (including phenoxy) is 2. The smallest absolute Gasteiger partial charge is 0.162 e. The van der Waals surface area contributed by atoms with Crippen molar-refractivity contribution in [2.75, 3.05) is 13.2 Å². The van der Waals surface area contributed by atoms with Crippen LogP contribution in [0.3, 0.4) is 0 Å². The lowest BCUT2D eigenvalue weighted by Crippen LogP contribution is -2.33. The molecule has 26 heavy (non-hydrogen) atoms. The Morgan fingerprint density at radius 1 is 1.00 bits per heavy atom. The third-order valence-electron chi connectivity index (χ3n) is 4.98. The first-order valence-electron chi connectivity index (χ1n) is 8.91. The van der Waals surface area contributed by atoms with E-state index in [0.29, 0.717) is 6.61 Å². The van der Waals surface area contributed by atoms with Gasteiger partial charge in [0.05, 0.1) is 6.54 Å². The maximum absolute atomic E-state index is 6.08. The molecular weight excluding hydrogens is 328 g/mol. The first-order chi connectivity index (χ1) is 12.8. The van der Waals surface area contributed by atoms with E-state index in [1.54, 1.807) is 0 Å². The van der Waals surface area contributed by atoms with Gasteiger partial charge >= 0.3 is 0 Å². The van der Waals surface area contributed by atoms with Crippen molar-refractivity contribution in [2.24, 2.45) is 0 Å². The number of benzene rings is 2. The predicted molar refractivity (Wildman–Crippen MR) is 95.9 cm³/mol. The fourth-order valence-corrected chi connectivity index (χ4v) is 3.53. The maximum atomic E-state index is 6.08. The van der Waals surface area contributed by atoms with E-state index in [4.69, 9.17) is 9.47 Å². The Morgan fingerprint density at radius 2 is 1.85 bits per heavy atom. The number of hydrogen-bond donors (Lipinski definition) is 0. The summed E-state index contributed by atoms with van der Waals surface area (Å²) in [6.07, 6.45) is 1.75. The van der Waals surface area contributed by atoms with Crippen molar-refractivity contribution in [1.29, 1.82) is 0 Å². The molecule has 6 heteroatoms. The summed E-state index contributed by atoms with van der Waals surface area (Å²) in [6, 6.07) is 16.5. The second-order valence-electron chi connectivity index (χ2n) is 6.76. The summed E-state index contributed by atoms with van der Waals surface area (Å²) >= 11 is 0. The highest BCUT2D eigenvalue weighted by Crippen LogP contribution is 2.35. The Hall–Kier alpha value is -2.86. The van der Waals surface area contributed by atoms with Crippen LogP contribution in [0.15, 0.2) is 54.9 Å². The van der Waals surface area contributed by atoms with Crippen LogP contribution in [-0.2, 0) is 19.6 Å². The lowest BCUT2D eigenvalue weighted by atomic mass is 10.1. The number of fused-ring (bicyclic) bond motifs is 2. The van der Waals surface area contributed by atoms with Crippen molar-refractivity contribution < 1.29 is 9.47 Å². The van der Waals surface area contributed by atoms with Gasteiger partial charge in [-0.25, -0.2) is 0 Å². The van der Waals surface area contributed by atoms with Gasteiger partial charge in [0, 0.05) is 19.6 Å². The minimum absolute atomic E-state index is 0.0625. The normalized spacial score (nSPS) is 19.2. The lowest BCUT2D eigenvalue weighted by Gasteiger charge is -2.28. The third kappa shape index (κ3) is 2.93. The molecule has 0 amide bonds. The predicted octanol–water partition coefficient (Wildman–Crippen LogP) is 2.81. The standard InChI is InChI=1S/C20H20N4O2/c1-2-4-18-17(3-1)25-13-19(26-18)16-7-5-15(6-8-16)11-23-9-10-24-14-21-22-20(24)12-23/h1-8,14,19H,9-13H2. The molecule has 0 saturated heterocycles. The summed E-state index contributed by atoms with van der Waals surface area (Å²) in [5.41, 5.74) is 2.43. The van der Waals surface area contributed by atoms with E-state index in [1.165, 1.54) is 5.56 Å². The van der Waals surface area contributed by atoms with E-state index in [9.17, 15) is 0 Å². The lowest BCUT2D eigenvalue weighted by molar-refractivity contribution is 0.0912. The molecule has 0 saturated carbocycles. The van der Waals surface area contributed by atoms with Crippen LogP contribution in [-0.4, -0.2) is 32.8 Å². The van der Waals surface area contributed by atoms with Crippen LogP contribution >= 0.6 is 0 Å². The molecule has 0 N–H and O–H groups in total. The van der Waals surface area contributed by atoms with Gasteiger partial charge in [-0.3, -0.25) is 4.90 Å². The van der Waals surface area contributed by atoms with Crippen LogP contribution in [0.25, 0.3) is 0 Å². The molecule has 5 rings (SSSR count). The number of nitrogens with zero attached hydrogens (tertiary/aromatic N) is 4. The SMILES string of the molecule is c1ccc2c(c1)OCC(c1ccc(CN3CCn4cnnc4C3)cc1)O2. The molecule has 3 aromatic rings. The van der Waals surface area contributed by atoms with Gasteiger partial charge in [0.15, 0.2) is 17.6 Å². The second-order valence-corrected chi connectivity index (χ2v) is 6.76. The average Bonchev–Trinajstić information content (AvgIpc) is 3.16. The number of para-hydroxylation sites is 2. The first kappa shape index (κ1) is 15.4. The molecule has 0 aliphatic carbocycles. The zero-order valence-electron chi connectivity index (χ0n) is 14.4. The fourth-order valence-electron chi connectivity index (χ4n) is 3.53. The van der Waals surface area contributed by atoms with Gasteiger partial charge in [0.1, 0.15) is 18.8 Å². The van der Waals surface area contributed by atoms with Crippen LogP contribution in [0.4, 0.5) is 0 Å². The Balaban J connectivity index is 1.25. The molecule has 2 aliphatic heterocycles. The molecule has 2 aromatic carbocycles. The van der Waals surface area contributed by atoms with Crippen LogP contribution in [0.5, 0.6) is 11.5 Å². The van der Waals surface area contributed by atoms with E-state index >= 15 is 0 Å². The molecule has 0 radical (unpaired) electrons. The van der Waals surface area contributed by atoms with Gasteiger partial charge < -0.3 is 14.0 Å². The monoisotopic (exact) mass is 348 g/mol. The van der Waals surface area contributed by atoms with E-state index < -0.39 is 0 Å². The van der Waals surface area contributed by atoms with E-state index in [-0.39, 0.29) is 6.10 Å². The minimum Gasteiger partial charge on any atom is -0.485 e. The topological polar surface area (TPSA) is 52.4 Å². The van der Waals surface area contributed by atoms with Crippen molar-refractivity contribution >= 4 is 0 Å². The van der Waals surface area contributed by atoms with Crippen molar-refractivity contribution in [2.45, 2.75) is 25.7 Å². The molecule has 6 nitrogen and oxygen atoms in total. The highest BCUT2D eigenvalue weighted by Gasteiger charge is 2.22. The largest absolute Gasteiger partial charge is 0.485 e. The van der Waals surface area contributed by atoms with E-state index in [2.05, 4.69) is 43.9 Å². The van der Waals surface area contributed by atoms with Gasteiger partial charge in [0.2, 0.25) is 0 Å². The van der Waals surface area contributed by atoms with Crippen LogP contribution in [0.2, 0.25) is 0 Å². The molecule has 1 unspecified atom stereocenters. The van der Waals surface area contributed by atoms with Gasteiger partial charge in [-0.15, -0.1) is 10.2 Å².